The molecule has 0 aliphatic heterocycles. The quantitative estimate of drug-likeness (QED) is 0.349. The predicted molar refractivity (Wildman–Crippen MR) is 132 cm³/mol. The zero-order valence-electron chi connectivity index (χ0n) is 22.1. The molecule has 3 amide bonds. The smallest absolute Gasteiger partial charge is 0.408 e. The zero-order valence-corrected chi connectivity index (χ0v) is 22.1. The van der Waals surface area contributed by atoms with E-state index in [1.165, 1.54) is 23.1 Å². The Labute approximate surface area is 212 Å². The van der Waals surface area contributed by atoms with Crippen LogP contribution in [0, 0.1) is 0 Å². The van der Waals surface area contributed by atoms with Crippen LogP contribution in [0.5, 0.6) is 5.75 Å². The van der Waals surface area contributed by atoms with Gasteiger partial charge in [-0.05, 0) is 66.2 Å². The number of alkyl carbamates (subject to hydrolysis) is 1. The van der Waals surface area contributed by atoms with Crippen molar-refractivity contribution in [3.8, 4) is 5.75 Å². The number of carbonyl (C=O) groups is 4. The fourth-order valence-electron chi connectivity index (χ4n) is 3.38. The van der Waals surface area contributed by atoms with E-state index in [2.05, 4.69) is 10.6 Å². The van der Waals surface area contributed by atoms with Gasteiger partial charge in [0.2, 0.25) is 11.8 Å². The minimum Gasteiger partial charge on any atom is -0.508 e. The second-order valence-electron chi connectivity index (χ2n) is 10.1. The van der Waals surface area contributed by atoms with Crippen molar-refractivity contribution in [1.29, 1.82) is 0 Å². The molecule has 0 spiro atoms. The molecule has 11 nitrogen and oxygen atoms in total. The van der Waals surface area contributed by atoms with E-state index in [1.807, 2.05) is 0 Å². The Balaban J connectivity index is 3.37. The average molecular weight is 510 g/mol. The summed E-state index contributed by atoms with van der Waals surface area (Å²) >= 11 is 0. The van der Waals surface area contributed by atoms with Crippen molar-refractivity contribution in [2.24, 2.45) is 0 Å². The Morgan fingerprint density at radius 3 is 2.22 bits per heavy atom. The summed E-state index contributed by atoms with van der Waals surface area (Å²) in [5.41, 5.74) is -1.52. The van der Waals surface area contributed by atoms with Crippen LogP contribution in [0.1, 0.15) is 66.5 Å². The number of esters is 1. The van der Waals surface area contributed by atoms with Gasteiger partial charge in [0.05, 0.1) is 19.6 Å². The first-order valence-corrected chi connectivity index (χ1v) is 11.8. The molecule has 4 N–H and O–H groups in total. The Hall–Kier alpha value is -3.34. The van der Waals surface area contributed by atoms with Crippen LogP contribution in [0.4, 0.5) is 4.79 Å². The number of hydrogen-bond donors (Lipinski definition) is 4. The zero-order chi connectivity index (χ0) is 27.7. The largest absolute Gasteiger partial charge is 0.508 e. The lowest BCUT2D eigenvalue weighted by atomic mass is 9.95. The van der Waals surface area contributed by atoms with Gasteiger partial charge < -0.3 is 35.2 Å². The first kappa shape index (κ1) is 30.7. The maximum atomic E-state index is 13.7. The van der Waals surface area contributed by atoms with Gasteiger partial charge in [0, 0.05) is 12.1 Å². The van der Waals surface area contributed by atoms with E-state index in [9.17, 15) is 29.4 Å². The monoisotopic (exact) mass is 509 g/mol. The van der Waals surface area contributed by atoms with E-state index in [1.54, 1.807) is 54.5 Å². The number of phenols is 1. The van der Waals surface area contributed by atoms with Crippen LogP contribution in [0.2, 0.25) is 0 Å². The molecule has 0 aliphatic carbocycles. The standard InChI is InChI=1S/C25H39N3O8/c1-8-35-19(31)12-13-26-21(32)20(16-10-9-11-17(30)14-16)28(24(2,3)4)22(33)18(15-29)27-23(34)36-25(5,6)7/h9-11,14,18,20,29-30H,8,12-13,15H2,1-7H3,(H,26,32)(H,27,34). The molecule has 2 atom stereocenters. The van der Waals surface area contributed by atoms with Gasteiger partial charge in [-0.3, -0.25) is 14.4 Å². The summed E-state index contributed by atoms with van der Waals surface area (Å²) in [6.07, 6.45) is -0.980. The van der Waals surface area contributed by atoms with E-state index < -0.39 is 53.7 Å². The number of aliphatic hydroxyl groups excluding tert-OH is 1. The Bertz CT molecular complexity index is 921. The normalized spacial score (nSPS) is 13.2. The highest BCUT2D eigenvalue weighted by Crippen LogP contribution is 2.31. The molecule has 202 valence electrons. The number of benzene rings is 1. The lowest BCUT2D eigenvalue weighted by Crippen LogP contribution is -2.59. The van der Waals surface area contributed by atoms with Gasteiger partial charge in [-0.25, -0.2) is 4.79 Å². The van der Waals surface area contributed by atoms with E-state index in [-0.39, 0.29) is 25.3 Å². The molecule has 36 heavy (non-hydrogen) atoms. The van der Waals surface area contributed by atoms with Gasteiger partial charge >= 0.3 is 12.1 Å². The SMILES string of the molecule is CCOC(=O)CCNC(=O)C(c1cccc(O)c1)N(C(=O)C(CO)NC(=O)OC(C)(C)C)C(C)(C)C. The van der Waals surface area contributed by atoms with E-state index in [4.69, 9.17) is 9.47 Å². The van der Waals surface area contributed by atoms with Crippen molar-refractivity contribution < 1.29 is 38.9 Å². The highest BCUT2D eigenvalue weighted by atomic mass is 16.6. The molecule has 0 fully saturated rings. The number of aromatic hydroxyl groups is 1. The van der Waals surface area contributed by atoms with Crippen molar-refractivity contribution in [3.63, 3.8) is 0 Å². The summed E-state index contributed by atoms with van der Waals surface area (Å²) in [4.78, 5) is 52.3. The highest BCUT2D eigenvalue weighted by molar-refractivity contribution is 5.93. The van der Waals surface area contributed by atoms with Crippen molar-refractivity contribution in [2.75, 3.05) is 19.8 Å². The van der Waals surface area contributed by atoms with E-state index in [0.29, 0.717) is 5.56 Å². The predicted octanol–water partition coefficient (Wildman–Crippen LogP) is 2.02. The molecule has 1 aromatic carbocycles. The number of amides is 3. The summed E-state index contributed by atoms with van der Waals surface area (Å²) < 4.78 is 10.1. The van der Waals surface area contributed by atoms with Gasteiger partial charge in [-0.1, -0.05) is 12.1 Å². The fraction of sp³-hybridized carbons (Fsp3) is 0.600. The number of rotatable bonds is 10. The second kappa shape index (κ2) is 13.1. The maximum Gasteiger partial charge on any atom is 0.408 e. The lowest BCUT2D eigenvalue weighted by molar-refractivity contribution is -0.149. The number of carbonyl (C=O) groups excluding carboxylic acids is 4. The molecule has 0 saturated heterocycles. The second-order valence-corrected chi connectivity index (χ2v) is 10.1. The molecule has 11 heteroatoms. The van der Waals surface area contributed by atoms with Gasteiger partial charge in [-0.15, -0.1) is 0 Å². The van der Waals surface area contributed by atoms with E-state index in [0.717, 1.165) is 0 Å². The summed E-state index contributed by atoms with van der Waals surface area (Å²) in [6.45, 7) is 11.1. The summed E-state index contributed by atoms with van der Waals surface area (Å²) in [7, 11) is 0. The number of aliphatic hydroxyl groups is 1. The van der Waals surface area contributed by atoms with Crippen LogP contribution in [0.25, 0.3) is 0 Å². The molecule has 2 unspecified atom stereocenters. The summed E-state index contributed by atoms with van der Waals surface area (Å²) in [6, 6.07) is 3.18. The van der Waals surface area contributed by atoms with Crippen molar-refractivity contribution in [2.45, 2.75) is 78.1 Å². The third-order valence-corrected chi connectivity index (χ3v) is 4.76. The minimum absolute atomic E-state index is 0.0429. The first-order chi connectivity index (χ1) is 16.6. The molecule has 0 saturated carbocycles. The van der Waals surface area contributed by atoms with E-state index >= 15 is 0 Å². The Kier molecular flexibility index (Phi) is 11.2. The molecule has 0 aliphatic rings. The molecular formula is C25H39N3O8. The van der Waals surface area contributed by atoms with Gasteiger partial charge in [-0.2, -0.15) is 0 Å². The molecule has 1 rings (SSSR count). The Morgan fingerprint density at radius 2 is 1.72 bits per heavy atom. The van der Waals surface area contributed by atoms with Gasteiger partial charge in [0.1, 0.15) is 23.4 Å². The van der Waals surface area contributed by atoms with Crippen LogP contribution < -0.4 is 10.6 Å². The first-order valence-electron chi connectivity index (χ1n) is 11.8. The van der Waals surface area contributed by atoms with Gasteiger partial charge in [0.25, 0.3) is 0 Å². The molecule has 0 heterocycles. The third kappa shape index (κ3) is 9.73. The van der Waals surface area contributed by atoms with Crippen LogP contribution in [-0.4, -0.2) is 75.9 Å². The molecular weight excluding hydrogens is 470 g/mol. The molecule has 0 bridgehead atoms. The highest BCUT2D eigenvalue weighted by Gasteiger charge is 2.41. The van der Waals surface area contributed by atoms with Crippen LogP contribution in [0.3, 0.4) is 0 Å². The maximum absolute atomic E-state index is 13.7. The number of nitrogens with one attached hydrogen (secondary N) is 2. The average Bonchev–Trinajstić information content (AvgIpc) is 2.73. The summed E-state index contributed by atoms with van der Waals surface area (Å²) in [5, 5.41) is 25.0. The van der Waals surface area contributed by atoms with Crippen LogP contribution in [-0.2, 0) is 23.9 Å². The summed E-state index contributed by atoms with van der Waals surface area (Å²) in [5.74, 6) is -1.98. The lowest BCUT2D eigenvalue weighted by Gasteiger charge is -2.42. The number of ether oxygens (including phenoxy) is 2. The van der Waals surface area contributed by atoms with Crippen molar-refractivity contribution >= 4 is 23.9 Å². The van der Waals surface area contributed by atoms with Gasteiger partial charge in [0.15, 0.2) is 0 Å². The third-order valence-electron chi connectivity index (χ3n) is 4.76. The van der Waals surface area contributed by atoms with Crippen LogP contribution in [0.15, 0.2) is 24.3 Å². The number of hydrogen-bond acceptors (Lipinski definition) is 8. The Morgan fingerprint density at radius 1 is 1.08 bits per heavy atom. The van der Waals surface area contributed by atoms with Crippen molar-refractivity contribution in [1.82, 2.24) is 15.5 Å². The van der Waals surface area contributed by atoms with Crippen molar-refractivity contribution in [3.05, 3.63) is 29.8 Å². The molecule has 0 aromatic heterocycles. The topological polar surface area (TPSA) is 154 Å². The molecule has 1 aromatic rings. The fourth-order valence-corrected chi connectivity index (χ4v) is 3.38. The van der Waals surface area contributed by atoms with Crippen LogP contribution >= 0.6 is 0 Å². The minimum atomic E-state index is -1.41. The number of nitrogens with zero attached hydrogens (tertiary/aromatic N) is 1. The number of phenolic OH excluding ortho intramolecular Hbond substituents is 1. The molecule has 0 radical (unpaired) electrons.